The Labute approximate surface area is 216 Å². The average molecular weight is 517 g/mol. The fourth-order valence-corrected chi connectivity index (χ4v) is 3.76. The topological polar surface area (TPSA) is 123 Å². The first-order chi connectivity index (χ1) is 18.3. The second-order valence-corrected chi connectivity index (χ2v) is 8.14. The van der Waals surface area contributed by atoms with E-state index in [-0.39, 0.29) is 34.6 Å². The van der Waals surface area contributed by atoms with Crippen LogP contribution in [-0.2, 0) is 11.3 Å². The molecule has 0 spiro atoms. The fourth-order valence-electron chi connectivity index (χ4n) is 3.76. The maximum absolute atomic E-state index is 14.0. The van der Waals surface area contributed by atoms with Crippen LogP contribution in [-0.4, -0.2) is 29.9 Å². The van der Waals surface area contributed by atoms with E-state index in [1.165, 1.54) is 25.4 Å². The summed E-state index contributed by atoms with van der Waals surface area (Å²) in [6.45, 7) is 0.159. The number of ether oxygens (including phenoxy) is 1. The minimum Gasteiger partial charge on any atom is -0.465 e. The number of rotatable bonds is 7. The van der Waals surface area contributed by atoms with Crippen LogP contribution in [0.15, 0.2) is 79.1 Å². The van der Waals surface area contributed by atoms with E-state index in [2.05, 4.69) is 20.4 Å². The summed E-state index contributed by atoms with van der Waals surface area (Å²) in [6, 6.07) is 16.1. The van der Waals surface area contributed by atoms with Gasteiger partial charge in [0.15, 0.2) is 5.82 Å². The zero-order valence-corrected chi connectivity index (χ0v) is 20.1. The Morgan fingerprint density at radius 1 is 0.895 bits per heavy atom. The molecule has 0 fully saturated rings. The summed E-state index contributed by atoms with van der Waals surface area (Å²) in [5, 5.41) is 5.08. The van der Waals surface area contributed by atoms with Crippen molar-refractivity contribution < 1.29 is 27.9 Å². The van der Waals surface area contributed by atoms with Crippen LogP contribution in [0.2, 0.25) is 0 Å². The van der Waals surface area contributed by atoms with E-state index in [4.69, 9.17) is 5.73 Å². The number of carbonyl (C=O) groups excluding carboxylic acids is 3. The van der Waals surface area contributed by atoms with Gasteiger partial charge in [0.25, 0.3) is 11.8 Å². The lowest BCUT2D eigenvalue weighted by molar-refractivity contribution is 0.0600. The zero-order chi connectivity index (χ0) is 27.2. The average Bonchev–Trinajstić information content (AvgIpc) is 2.93. The molecule has 0 aliphatic rings. The number of esters is 1. The van der Waals surface area contributed by atoms with Gasteiger partial charge in [0.2, 0.25) is 0 Å². The van der Waals surface area contributed by atoms with Gasteiger partial charge in [-0.1, -0.05) is 18.2 Å². The predicted molar refractivity (Wildman–Crippen MR) is 138 cm³/mol. The molecular formula is C28H22F2N4O4. The van der Waals surface area contributed by atoms with Crippen molar-refractivity contribution in [3.63, 3.8) is 0 Å². The Kier molecular flexibility index (Phi) is 7.83. The quantitative estimate of drug-likeness (QED) is 0.304. The standard InChI is InChI=1S/C28H22F2N4O4/c1-38-28(37)20-10-21(29)13-22(11-20)33-26(35)17-4-2-3-16(9-17)23-12-18(5-6-19(23)14-31)27(36)34-25-7-8-32-15-24(25)30/h2-13,15H,14,31H2,1H3,(H,33,35)(H,32,34,36). The largest absolute Gasteiger partial charge is 0.465 e. The molecule has 4 aromatic rings. The van der Waals surface area contributed by atoms with Crippen molar-refractivity contribution in [3.05, 3.63) is 113 Å². The summed E-state index contributed by atoms with van der Waals surface area (Å²) in [5.74, 6) is -3.22. The first-order valence-electron chi connectivity index (χ1n) is 11.3. The molecule has 0 unspecified atom stereocenters. The molecule has 10 heteroatoms. The van der Waals surface area contributed by atoms with Crippen molar-refractivity contribution >= 4 is 29.2 Å². The van der Waals surface area contributed by atoms with E-state index in [1.54, 1.807) is 42.5 Å². The number of anilines is 2. The number of nitrogens with one attached hydrogen (secondary N) is 2. The molecule has 0 saturated heterocycles. The van der Waals surface area contributed by atoms with Crippen LogP contribution < -0.4 is 16.4 Å². The summed E-state index contributed by atoms with van der Waals surface area (Å²) < 4.78 is 32.5. The molecule has 2 amide bonds. The molecule has 0 bridgehead atoms. The van der Waals surface area contributed by atoms with Crippen molar-refractivity contribution in [1.29, 1.82) is 0 Å². The number of methoxy groups -OCH3 is 1. The molecule has 192 valence electrons. The molecule has 0 aliphatic heterocycles. The van der Waals surface area contributed by atoms with Crippen molar-refractivity contribution in [2.24, 2.45) is 5.73 Å². The number of nitrogens with two attached hydrogens (primary N) is 1. The third-order valence-electron chi connectivity index (χ3n) is 5.63. The van der Waals surface area contributed by atoms with Crippen LogP contribution in [0.1, 0.15) is 36.6 Å². The van der Waals surface area contributed by atoms with E-state index in [0.717, 1.165) is 18.3 Å². The number of carbonyl (C=O) groups is 3. The zero-order valence-electron chi connectivity index (χ0n) is 20.1. The van der Waals surface area contributed by atoms with Gasteiger partial charge in [0.05, 0.1) is 24.6 Å². The summed E-state index contributed by atoms with van der Waals surface area (Å²) in [6.07, 6.45) is 2.35. The third-order valence-corrected chi connectivity index (χ3v) is 5.63. The molecule has 0 aliphatic carbocycles. The summed E-state index contributed by atoms with van der Waals surface area (Å²) in [4.78, 5) is 41.2. The molecule has 0 atom stereocenters. The number of hydrogen-bond acceptors (Lipinski definition) is 6. The Balaban J connectivity index is 1.61. The Bertz CT molecular complexity index is 1540. The minimum atomic E-state index is -0.744. The third kappa shape index (κ3) is 5.88. The van der Waals surface area contributed by atoms with Crippen LogP contribution in [0.3, 0.4) is 0 Å². The number of hydrogen-bond donors (Lipinski definition) is 3. The maximum Gasteiger partial charge on any atom is 0.338 e. The van der Waals surface area contributed by atoms with E-state index in [9.17, 15) is 23.2 Å². The summed E-state index contributed by atoms with van der Waals surface area (Å²) in [7, 11) is 1.17. The number of halogens is 2. The Morgan fingerprint density at radius 3 is 2.39 bits per heavy atom. The van der Waals surface area contributed by atoms with Crippen molar-refractivity contribution in [2.45, 2.75) is 6.54 Å². The van der Waals surface area contributed by atoms with Crippen LogP contribution in [0.5, 0.6) is 0 Å². The van der Waals surface area contributed by atoms with E-state index in [0.29, 0.717) is 16.7 Å². The van der Waals surface area contributed by atoms with Crippen molar-refractivity contribution in [3.8, 4) is 11.1 Å². The maximum atomic E-state index is 14.0. The molecule has 1 heterocycles. The number of pyridine rings is 1. The highest BCUT2D eigenvalue weighted by molar-refractivity contribution is 6.07. The second-order valence-electron chi connectivity index (χ2n) is 8.14. The molecule has 3 aromatic carbocycles. The van der Waals surface area contributed by atoms with Crippen LogP contribution in [0.4, 0.5) is 20.2 Å². The van der Waals surface area contributed by atoms with Crippen LogP contribution in [0, 0.1) is 11.6 Å². The fraction of sp³-hybridized carbons (Fsp3) is 0.0714. The number of benzene rings is 3. The molecule has 38 heavy (non-hydrogen) atoms. The number of amides is 2. The monoisotopic (exact) mass is 516 g/mol. The lowest BCUT2D eigenvalue weighted by atomic mass is 9.95. The number of aromatic nitrogens is 1. The Hall–Kier alpha value is -4.96. The van der Waals surface area contributed by atoms with Gasteiger partial charge in [0, 0.05) is 29.6 Å². The molecule has 0 radical (unpaired) electrons. The Morgan fingerprint density at radius 2 is 1.66 bits per heavy atom. The summed E-state index contributed by atoms with van der Waals surface area (Å²) >= 11 is 0. The smallest absolute Gasteiger partial charge is 0.338 e. The molecule has 4 N–H and O–H groups in total. The van der Waals surface area contributed by atoms with Crippen molar-refractivity contribution in [2.75, 3.05) is 17.7 Å². The van der Waals surface area contributed by atoms with Gasteiger partial charge in [-0.3, -0.25) is 14.6 Å². The normalized spacial score (nSPS) is 10.5. The van der Waals surface area contributed by atoms with Gasteiger partial charge >= 0.3 is 5.97 Å². The van der Waals surface area contributed by atoms with Crippen LogP contribution in [0.25, 0.3) is 11.1 Å². The first-order valence-corrected chi connectivity index (χ1v) is 11.3. The number of nitrogens with zero attached hydrogens (tertiary/aromatic N) is 1. The summed E-state index contributed by atoms with van der Waals surface area (Å²) in [5.41, 5.74) is 8.32. The van der Waals surface area contributed by atoms with Crippen LogP contribution >= 0.6 is 0 Å². The van der Waals surface area contributed by atoms with Gasteiger partial charge in [0.1, 0.15) is 5.82 Å². The molecular weight excluding hydrogens is 494 g/mol. The highest BCUT2D eigenvalue weighted by Gasteiger charge is 2.16. The lowest BCUT2D eigenvalue weighted by Crippen LogP contribution is -2.14. The second kappa shape index (κ2) is 11.4. The van der Waals surface area contributed by atoms with Gasteiger partial charge in [-0.05, 0) is 65.2 Å². The first kappa shape index (κ1) is 26.1. The minimum absolute atomic E-state index is 0.0131. The highest BCUT2D eigenvalue weighted by atomic mass is 19.1. The molecule has 0 saturated carbocycles. The van der Waals surface area contributed by atoms with Gasteiger partial charge in [-0.15, -0.1) is 0 Å². The van der Waals surface area contributed by atoms with Gasteiger partial charge in [-0.2, -0.15) is 0 Å². The van der Waals surface area contributed by atoms with Gasteiger partial charge < -0.3 is 21.1 Å². The van der Waals surface area contributed by atoms with E-state index < -0.39 is 29.4 Å². The SMILES string of the molecule is COC(=O)c1cc(F)cc(NC(=O)c2cccc(-c3cc(C(=O)Nc4ccncc4F)ccc3CN)c2)c1. The lowest BCUT2D eigenvalue weighted by Gasteiger charge is -2.13. The molecule has 4 rings (SSSR count). The highest BCUT2D eigenvalue weighted by Crippen LogP contribution is 2.27. The van der Waals surface area contributed by atoms with E-state index in [1.807, 2.05) is 0 Å². The molecule has 8 nitrogen and oxygen atoms in total. The van der Waals surface area contributed by atoms with E-state index >= 15 is 0 Å². The predicted octanol–water partition coefficient (Wildman–Crippen LogP) is 4.78. The van der Waals surface area contributed by atoms with Gasteiger partial charge in [-0.25, -0.2) is 13.6 Å². The van der Waals surface area contributed by atoms with Crippen molar-refractivity contribution in [1.82, 2.24) is 4.98 Å². The molecule has 1 aromatic heterocycles.